The average Bonchev–Trinajstić information content (AvgIpc) is 2.72. The molecule has 0 saturated carbocycles. The van der Waals surface area contributed by atoms with Gasteiger partial charge < -0.3 is 10.1 Å². The number of hydrogen-bond acceptors (Lipinski definition) is 2. The number of ether oxygens (including phenoxy) is 1. The van der Waals surface area contributed by atoms with E-state index in [1.54, 1.807) is 6.07 Å². The second-order valence-electron chi connectivity index (χ2n) is 4.94. The van der Waals surface area contributed by atoms with E-state index in [4.69, 9.17) is 27.9 Å². The summed E-state index contributed by atoms with van der Waals surface area (Å²) < 4.78 is 5.78. The molecule has 18 heavy (non-hydrogen) atoms. The highest BCUT2D eigenvalue weighted by Gasteiger charge is 2.22. The van der Waals surface area contributed by atoms with E-state index >= 15 is 0 Å². The van der Waals surface area contributed by atoms with Crippen LogP contribution in [-0.4, -0.2) is 18.8 Å². The molecule has 1 aromatic carbocycles. The van der Waals surface area contributed by atoms with E-state index < -0.39 is 0 Å². The van der Waals surface area contributed by atoms with Crippen molar-refractivity contribution in [3.05, 3.63) is 33.8 Å². The summed E-state index contributed by atoms with van der Waals surface area (Å²) in [6.45, 7) is 5.09. The molecule has 1 N–H and O–H groups in total. The van der Waals surface area contributed by atoms with Gasteiger partial charge in [-0.05, 0) is 44.4 Å². The highest BCUT2D eigenvalue weighted by atomic mass is 35.5. The summed E-state index contributed by atoms with van der Waals surface area (Å²) in [6.07, 6.45) is 3.01. The van der Waals surface area contributed by atoms with Gasteiger partial charge in [-0.3, -0.25) is 0 Å². The van der Waals surface area contributed by atoms with Crippen LogP contribution in [0.3, 0.4) is 0 Å². The Bertz CT molecular complexity index is 411. The molecule has 0 bridgehead atoms. The lowest BCUT2D eigenvalue weighted by atomic mass is 10.1. The molecule has 3 unspecified atom stereocenters. The number of benzene rings is 1. The van der Waals surface area contributed by atoms with Crippen LogP contribution < -0.4 is 5.32 Å². The van der Waals surface area contributed by atoms with Crippen LogP contribution >= 0.6 is 23.2 Å². The van der Waals surface area contributed by atoms with Crippen molar-refractivity contribution in [2.45, 2.75) is 44.9 Å². The Balaban J connectivity index is 1.89. The maximum absolute atomic E-state index is 6.19. The zero-order valence-electron chi connectivity index (χ0n) is 10.7. The van der Waals surface area contributed by atoms with Gasteiger partial charge in [0.25, 0.3) is 0 Å². The lowest BCUT2D eigenvalue weighted by molar-refractivity contribution is 0.0546. The van der Waals surface area contributed by atoms with Gasteiger partial charge >= 0.3 is 0 Å². The van der Waals surface area contributed by atoms with Gasteiger partial charge in [0.2, 0.25) is 0 Å². The van der Waals surface area contributed by atoms with Gasteiger partial charge in [0, 0.05) is 22.6 Å². The molecule has 2 rings (SSSR count). The van der Waals surface area contributed by atoms with Gasteiger partial charge in [-0.1, -0.05) is 29.3 Å². The van der Waals surface area contributed by atoms with Gasteiger partial charge in [0.1, 0.15) is 0 Å². The molecule has 0 aliphatic carbocycles. The van der Waals surface area contributed by atoms with Gasteiger partial charge in [-0.25, -0.2) is 0 Å². The van der Waals surface area contributed by atoms with E-state index in [1.165, 1.54) is 0 Å². The fourth-order valence-electron chi connectivity index (χ4n) is 2.31. The number of hydrogen-bond donors (Lipinski definition) is 1. The van der Waals surface area contributed by atoms with Crippen molar-refractivity contribution < 1.29 is 4.74 Å². The Morgan fingerprint density at radius 2 is 2.17 bits per heavy atom. The second-order valence-corrected chi connectivity index (χ2v) is 5.79. The van der Waals surface area contributed by atoms with Gasteiger partial charge in [0.05, 0.1) is 12.2 Å². The zero-order valence-corrected chi connectivity index (χ0v) is 12.3. The van der Waals surface area contributed by atoms with E-state index in [9.17, 15) is 0 Å². The highest BCUT2D eigenvalue weighted by Crippen LogP contribution is 2.26. The minimum Gasteiger partial charge on any atom is -0.374 e. The number of rotatable bonds is 4. The standard InChI is InChI=1S/C14H19Cl2NO/c1-9-3-5-12(18-9)8-17-10(2)13-6-4-11(15)7-14(13)16/h4,6-7,9-10,12,17H,3,5,8H2,1-2H3. The lowest BCUT2D eigenvalue weighted by Gasteiger charge is -2.19. The molecule has 1 fully saturated rings. The Morgan fingerprint density at radius 1 is 1.39 bits per heavy atom. The molecule has 100 valence electrons. The van der Waals surface area contributed by atoms with E-state index in [0.717, 1.165) is 24.9 Å². The summed E-state index contributed by atoms with van der Waals surface area (Å²) in [5.74, 6) is 0. The molecule has 0 radical (unpaired) electrons. The molecule has 0 spiro atoms. The summed E-state index contributed by atoms with van der Waals surface area (Å²) in [7, 11) is 0. The lowest BCUT2D eigenvalue weighted by Crippen LogP contribution is -2.29. The Labute approximate surface area is 119 Å². The third-order valence-corrected chi connectivity index (χ3v) is 3.96. The minimum absolute atomic E-state index is 0.203. The van der Waals surface area contributed by atoms with Crippen LogP contribution in [0, 0.1) is 0 Å². The maximum atomic E-state index is 6.19. The van der Waals surface area contributed by atoms with E-state index in [0.29, 0.717) is 22.3 Å². The highest BCUT2D eigenvalue weighted by molar-refractivity contribution is 6.35. The van der Waals surface area contributed by atoms with Crippen molar-refractivity contribution in [3.63, 3.8) is 0 Å². The first-order valence-corrected chi connectivity index (χ1v) is 7.15. The fraction of sp³-hybridized carbons (Fsp3) is 0.571. The maximum Gasteiger partial charge on any atom is 0.0704 e. The van der Waals surface area contributed by atoms with Crippen LogP contribution in [-0.2, 0) is 4.74 Å². The van der Waals surface area contributed by atoms with Crippen molar-refractivity contribution in [3.8, 4) is 0 Å². The Kier molecular flexibility index (Phi) is 4.91. The summed E-state index contributed by atoms with van der Waals surface area (Å²) >= 11 is 12.1. The van der Waals surface area contributed by atoms with Gasteiger partial charge in [-0.2, -0.15) is 0 Å². The number of halogens is 2. The SMILES string of the molecule is CC1CCC(CNC(C)c2ccc(Cl)cc2Cl)O1. The van der Waals surface area contributed by atoms with E-state index in [1.807, 2.05) is 12.1 Å². The van der Waals surface area contributed by atoms with E-state index in [2.05, 4.69) is 19.2 Å². The first-order valence-electron chi connectivity index (χ1n) is 6.40. The average molecular weight is 288 g/mol. The third-order valence-electron chi connectivity index (χ3n) is 3.40. The predicted octanol–water partition coefficient (Wildman–Crippen LogP) is 4.21. The fourth-order valence-corrected chi connectivity index (χ4v) is 2.88. The van der Waals surface area contributed by atoms with Crippen molar-refractivity contribution in [1.29, 1.82) is 0 Å². The monoisotopic (exact) mass is 287 g/mol. The zero-order chi connectivity index (χ0) is 13.1. The van der Waals surface area contributed by atoms with Crippen molar-refractivity contribution >= 4 is 23.2 Å². The summed E-state index contributed by atoms with van der Waals surface area (Å²) in [5, 5.41) is 4.85. The smallest absolute Gasteiger partial charge is 0.0704 e. The van der Waals surface area contributed by atoms with Crippen LogP contribution in [0.25, 0.3) is 0 Å². The van der Waals surface area contributed by atoms with Gasteiger partial charge in [0.15, 0.2) is 0 Å². The molecular weight excluding hydrogens is 269 g/mol. The van der Waals surface area contributed by atoms with Crippen LogP contribution in [0.4, 0.5) is 0 Å². The van der Waals surface area contributed by atoms with Gasteiger partial charge in [-0.15, -0.1) is 0 Å². The largest absolute Gasteiger partial charge is 0.374 e. The van der Waals surface area contributed by atoms with Crippen molar-refractivity contribution in [2.24, 2.45) is 0 Å². The van der Waals surface area contributed by atoms with Crippen LogP contribution in [0.15, 0.2) is 18.2 Å². The quantitative estimate of drug-likeness (QED) is 0.896. The Hall–Kier alpha value is -0.280. The first kappa shape index (κ1) is 14.1. The summed E-state index contributed by atoms with van der Waals surface area (Å²) in [6, 6.07) is 5.83. The van der Waals surface area contributed by atoms with Crippen LogP contribution in [0.1, 0.15) is 38.3 Å². The molecule has 1 saturated heterocycles. The Morgan fingerprint density at radius 3 is 2.78 bits per heavy atom. The molecule has 0 aromatic heterocycles. The second kappa shape index (κ2) is 6.25. The molecule has 3 atom stereocenters. The van der Waals surface area contributed by atoms with Crippen molar-refractivity contribution in [2.75, 3.05) is 6.54 Å². The van der Waals surface area contributed by atoms with E-state index in [-0.39, 0.29) is 6.04 Å². The number of nitrogens with one attached hydrogen (secondary N) is 1. The summed E-state index contributed by atoms with van der Waals surface area (Å²) in [5.41, 5.74) is 1.08. The molecule has 1 aliphatic rings. The molecule has 2 nitrogen and oxygen atoms in total. The topological polar surface area (TPSA) is 21.3 Å². The molecule has 1 aliphatic heterocycles. The third kappa shape index (κ3) is 3.61. The normalized spacial score (nSPS) is 25.3. The van der Waals surface area contributed by atoms with Crippen molar-refractivity contribution in [1.82, 2.24) is 5.32 Å². The molecule has 0 amide bonds. The molecular formula is C14H19Cl2NO. The summed E-state index contributed by atoms with van der Waals surface area (Å²) in [4.78, 5) is 0. The molecule has 4 heteroatoms. The molecule has 1 heterocycles. The molecule has 1 aromatic rings. The predicted molar refractivity (Wildman–Crippen MR) is 76.4 cm³/mol. The van der Waals surface area contributed by atoms with Crippen LogP contribution in [0.2, 0.25) is 10.0 Å². The first-order chi connectivity index (χ1) is 8.56. The minimum atomic E-state index is 0.203. The van der Waals surface area contributed by atoms with Crippen LogP contribution in [0.5, 0.6) is 0 Å².